The van der Waals surface area contributed by atoms with Crippen molar-refractivity contribution in [1.29, 1.82) is 0 Å². The number of hydrogen-bond donors (Lipinski definition) is 2. The fourth-order valence-electron chi connectivity index (χ4n) is 2.80. The summed E-state index contributed by atoms with van der Waals surface area (Å²) in [5.74, 6) is 1.52. The van der Waals surface area contributed by atoms with Gasteiger partial charge >= 0.3 is 0 Å². The predicted octanol–water partition coefficient (Wildman–Crippen LogP) is 2.89. The van der Waals surface area contributed by atoms with Gasteiger partial charge in [-0.25, -0.2) is 0 Å². The lowest BCUT2D eigenvalue weighted by atomic mass is 10.0. The third-order valence-electron chi connectivity index (χ3n) is 4.75. The first-order chi connectivity index (χ1) is 13.5. The summed E-state index contributed by atoms with van der Waals surface area (Å²) >= 11 is 0. The second-order valence-electron chi connectivity index (χ2n) is 7.19. The fraction of sp³-hybridized carbons (Fsp3) is 0.364. The Hall–Kier alpha value is -3.02. The highest BCUT2D eigenvalue weighted by molar-refractivity contribution is 5.94. The van der Waals surface area contributed by atoms with Crippen LogP contribution in [0.1, 0.15) is 25.0 Å². The number of carbonyl (C=O) groups excluding carboxylic acids is 1. The fourth-order valence-corrected chi connectivity index (χ4v) is 2.80. The van der Waals surface area contributed by atoms with E-state index in [1.54, 1.807) is 11.9 Å². The van der Waals surface area contributed by atoms with Crippen molar-refractivity contribution >= 4 is 17.6 Å². The average Bonchev–Trinajstić information content (AvgIpc) is 3.21. The minimum Gasteiger partial charge on any atom is -0.484 e. The molecule has 0 fully saturated rings. The zero-order valence-corrected chi connectivity index (χ0v) is 16.7. The Labute approximate surface area is 166 Å². The number of rotatable bonds is 7. The van der Waals surface area contributed by atoms with Crippen LogP contribution in [0.2, 0.25) is 0 Å². The summed E-state index contributed by atoms with van der Waals surface area (Å²) in [5, 5.41) is 6.47. The Morgan fingerprint density at radius 1 is 1.14 bits per heavy atom. The van der Waals surface area contributed by atoms with E-state index in [2.05, 4.69) is 39.9 Å². The van der Waals surface area contributed by atoms with Gasteiger partial charge in [0.15, 0.2) is 12.6 Å². The summed E-state index contributed by atoms with van der Waals surface area (Å²) in [7, 11) is 1.79. The Balaban J connectivity index is 1.50. The van der Waals surface area contributed by atoms with Crippen LogP contribution >= 0.6 is 0 Å². The highest BCUT2D eigenvalue weighted by Crippen LogP contribution is 2.17. The lowest BCUT2D eigenvalue weighted by molar-refractivity contribution is -0.133. The zero-order valence-electron chi connectivity index (χ0n) is 16.7. The number of aliphatic imine (C=N–C) groups is 1. The molecule has 2 aromatic carbocycles. The van der Waals surface area contributed by atoms with Gasteiger partial charge in [-0.1, -0.05) is 24.3 Å². The molecular formula is C22H28N4O2. The van der Waals surface area contributed by atoms with E-state index in [-0.39, 0.29) is 18.6 Å². The molecule has 148 valence electrons. The van der Waals surface area contributed by atoms with Crippen molar-refractivity contribution in [2.24, 2.45) is 4.99 Å². The second kappa shape index (κ2) is 9.26. The van der Waals surface area contributed by atoms with Crippen molar-refractivity contribution < 1.29 is 9.53 Å². The molecule has 1 aliphatic heterocycles. The van der Waals surface area contributed by atoms with E-state index >= 15 is 0 Å². The van der Waals surface area contributed by atoms with Gasteiger partial charge in [-0.2, -0.15) is 0 Å². The molecular weight excluding hydrogens is 352 g/mol. The van der Waals surface area contributed by atoms with Gasteiger partial charge in [0, 0.05) is 25.3 Å². The summed E-state index contributed by atoms with van der Waals surface area (Å²) in [5.41, 5.74) is 3.45. The topological polar surface area (TPSA) is 66.0 Å². The van der Waals surface area contributed by atoms with Crippen molar-refractivity contribution in [1.82, 2.24) is 10.2 Å². The molecule has 3 rings (SSSR count). The first-order valence-electron chi connectivity index (χ1n) is 9.63. The van der Waals surface area contributed by atoms with Gasteiger partial charge in [0.2, 0.25) is 0 Å². The monoisotopic (exact) mass is 380 g/mol. The number of nitrogens with zero attached hydrogens (tertiary/aromatic N) is 2. The third kappa shape index (κ3) is 5.49. The van der Waals surface area contributed by atoms with E-state index in [1.165, 1.54) is 11.1 Å². The first kappa shape index (κ1) is 19.7. The molecule has 1 heterocycles. The van der Waals surface area contributed by atoms with E-state index in [9.17, 15) is 4.79 Å². The van der Waals surface area contributed by atoms with Crippen LogP contribution in [0.4, 0.5) is 5.69 Å². The first-order valence-corrected chi connectivity index (χ1v) is 9.63. The molecule has 6 heteroatoms. The van der Waals surface area contributed by atoms with Crippen LogP contribution < -0.4 is 15.4 Å². The number of anilines is 1. The predicted molar refractivity (Wildman–Crippen MR) is 113 cm³/mol. The third-order valence-corrected chi connectivity index (χ3v) is 4.75. The number of nitrogens with one attached hydrogen (secondary N) is 2. The highest BCUT2D eigenvalue weighted by atomic mass is 16.5. The molecule has 0 radical (unpaired) electrons. The minimum absolute atomic E-state index is 0.0217. The number of amides is 1. The highest BCUT2D eigenvalue weighted by Gasteiger charge is 2.12. The lowest BCUT2D eigenvalue weighted by Crippen LogP contribution is -2.36. The van der Waals surface area contributed by atoms with Crippen LogP contribution in [0.15, 0.2) is 53.5 Å². The minimum atomic E-state index is -0.0217. The summed E-state index contributed by atoms with van der Waals surface area (Å²) in [4.78, 5) is 18.0. The van der Waals surface area contributed by atoms with Gasteiger partial charge in [0.05, 0.1) is 6.54 Å². The Kier molecular flexibility index (Phi) is 6.53. The van der Waals surface area contributed by atoms with Crippen LogP contribution in [0, 0.1) is 0 Å². The lowest BCUT2D eigenvalue weighted by Gasteiger charge is -2.21. The van der Waals surface area contributed by atoms with Crippen molar-refractivity contribution in [2.75, 3.05) is 32.1 Å². The van der Waals surface area contributed by atoms with Gasteiger partial charge in [-0.05, 0) is 55.7 Å². The van der Waals surface area contributed by atoms with Crippen molar-refractivity contribution in [3.05, 3.63) is 59.7 Å². The molecule has 0 bridgehead atoms. The maximum Gasteiger partial charge on any atom is 0.260 e. The number of hydrogen-bond acceptors (Lipinski definition) is 5. The summed E-state index contributed by atoms with van der Waals surface area (Å²) in [6.45, 7) is 5.73. The van der Waals surface area contributed by atoms with Crippen LogP contribution in [-0.2, 0) is 11.2 Å². The largest absolute Gasteiger partial charge is 0.484 e. The van der Waals surface area contributed by atoms with Crippen molar-refractivity contribution in [3.8, 4) is 5.75 Å². The van der Waals surface area contributed by atoms with Crippen molar-refractivity contribution in [2.45, 2.75) is 26.3 Å². The van der Waals surface area contributed by atoms with E-state index < -0.39 is 0 Å². The molecule has 0 spiro atoms. The van der Waals surface area contributed by atoms with Crippen LogP contribution in [-0.4, -0.2) is 49.6 Å². The van der Waals surface area contributed by atoms with Crippen LogP contribution in [0.25, 0.3) is 0 Å². The van der Waals surface area contributed by atoms with E-state index in [0.717, 1.165) is 31.2 Å². The molecule has 1 aliphatic rings. The maximum absolute atomic E-state index is 12.0. The quantitative estimate of drug-likeness (QED) is 0.775. The second-order valence-corrected chi connectivity index (χ2v) is 7.19. The molecule has 0 atom stereocenters. The summed E-state index contributed by atoms with van der Waals surface area (Å²) in [6.07, 6.45) is 0.842. The average molecular weight is 380 g/mol. The van der Waals surface area contributed by atoms with Crippen LogP contribution in [0.3, 0.4) is 0 Å². The number of guanidine groups is 1. The summed E-state index contributed by atoms with van der Waals surface area (Å²) < 4.78 is 5.61. The van der Waals surface area contributed by atoms with Gasteiger partial charge < -0.3 is 20.3 Å². The van der Waals surface area contributed by atoms with E-state index in [0.29, 0.717) is 5.75 Å². The number of carbonyl (C=O) groups is 1. The van der Waals surface area contributed by atoms with Gasteiger partial charge in [0.1, 0.15) is 5.75 Å². The molecule has 0 aromatic heterocycles. The van der Waals surface area contributed by atoms with Gasteiger partial charge in [-0.3, -0.25) is 9.79 Å². The molecule has 0 aliphatic carbocycles. The molecule has 0 saturated carbocycles. The number of likely N-dealkylation sites (N-methyl/N-ethyl adjacent to an activating group) is 1. The molecule has 6 nitrogen and oxygen atoms in total. The Morgan fingerprint density at radius 2 is 1.79 bits per heavy atom. The van der Waals surface area contributed by atoms with Crippen molar-refractivity contribution in [3.63, 3.8) is 0 Å². The van der Waals surface area contributed by atoms with Gasteiger partial charge in [-0.15, -0.1) is 0 Å². The van der Waals surface area contributed by atoms with E-state index in [4.69, 9.17) is 4.74 Å². The standard InChI is InChI=1S/C22H28N4O2/c1-16(2)26(3)21(27)15-28-20-10-6-18(7-11-20)14-17-4-8-19(9-5-17)25-22-23-12-13-24-22/h4-11,16H,12-15H2,1-3H3,(H2,23,24,25). The zero-order chi connectivity index (χ0) is 19.9. The molecule has 0 saturated heterocycles. The number of benzene rings is 2. The molecule has 2 aromatic rings. The van der Waals surface area contributed by atoms with Gasteiger partial charge in [0.25, 0.3) is 5.91 Å². The Morgan fingerprint density at radius 3 is 2.36 bits per heavy atom. The molecule has 0 unspecified atom stereocenters. The SMILES string of the molecule is CC(C)N(C)C(=O)COc1ccc(Cc2ccc(NC3=NCCN3)cc2)cc1. The van der Waals surface area contributed by atoms with Crippen LogP contribution in [0.5, 0.6) is 5.75 Å². The smallest absolute Gasteiger partial charge is 0.260 e. The maximum atomic E-state index is 12.0. The Bertz CT molecular complexity index is 813. The van der Waals surface area contributed by atoms with E-state index in [1.807, 2.05) is 38.1 Å². The number of ether oxygens (including phenoxy) is 1. The molecule has 2 N–H and O–H groups in total. The normalized spacial score (nSPS) is 13.1. The molecule has 28 heavy (non-hydrogen) atoms. The summed E-state index contributed by atoms with van der Waals surface area (Å²) in [6, 6.07) is 16.4. The molecule has 1 amide bonds.